The van der Waals surface area contributed by atoms with E-state index in [4.69, 9.17) is 15.8 Å². The Bertz CT molecular complexity index is 959. The van der Waals surface area contributed by atoms with Crippen LogP contribution < -0.4 is 18.9 Å². The van der Waals surface area contributed by atoms with E-state index in [0.717, 1.165) is 0 Å². The third kappa shape index (κ3) is 14.8. The monoisotopic (exact) mass is 765 g/mol. The molecule has 0 radical (unpaired) electrons. The first-order chi connectivity index (χ1) is 19.5. The molecule has 0 saturated carbocycles. The maximum Gasteiger partial charge on any atom is 1.00 e. The number of hydrogen-bond acceptors (Lipinski definition) is 1. The van der Waals surface area contributed by atoms with E-state index in [-0.39, 0.29) is 70.4 Å². The fourth-order valence-electron chi connectivity index (χ4n) is 8.85. The summed E-state index contributed by atoms with van der Waals surface area (Å²) in [5.41, 5.74) is 0. The van der Waals surface area contributed by atoms with Gasteiger partial charge in [-0.1, -0.05) is 219 Å². The van der Waals surface area contributed by atoms with Crippen LogP contribution in [-0.4, -0.2) is 51.6 Å². The standard InChI is InChI=1S/C20H45NP2.C12H27NP.C8H18ClP.Li/c1-16(2,3)22(17(4,5)6)21-23(18(7,8)9,19(10,11)12)20(13,14)15;1-10(2,3)14(13,11(4,5)6)12(7,8)9;1-7(2,3)10(9)8(4,5)6;/h1-15H3;1-9H3;1-6H3;/q;-1;;+1. The van der Waals surface area contributed by atoms with Gasteiger partial charge in [-0.15, -0.1) is 0 Å². The van der Waals surface area contributed by atoms with Gasteiger partial charge in [-0.3, -0.25) is 4.52 Å². The minimum absolute atomic E-state index is 0. The molecule has 0 unspecified atom stereocenters. The van der Waals surface area contributed by atoms with E-state index < -0.39 is 29.5 Å². The summed E-state index contributed by atoms with van der Waals surface area (Å²) in [5.74, 6) is 0. The molecule has 8 heteroatoms. The van der Waals surface area contributed by atoms with Crippen molar-refractivity contribution in [1.29, 1.82) is 0 Å². The van der Waals surface area contributed by atoms with Gasteiger partial charge >= 0.3 is 18.9 Å². The van der Waals surface area contributed by atoms with Crippen molar-refractivity contribution in [2.24, 2.45) is 4.52 Å². The van der Waals surface area contributed by atoms with Gasteiger partial charge in [0.2, 0.25) is 0 Å². The van der Waals surface area contributed by atoms with Crippen LogP contribution in [0.4, 0.5) is 0 Å². The molecule has 0 heterocycles. The van der Waals surface area contributed by atoms with Crippen LogP contribution in [0.15, 0.2) is 4.52 Å². The van der Waals surface area contributed by atoms with Crippen molar-refractivity contribution in [3.8, 4) is 0 Å². The quantitative estimate of drug-likeness (QED) is 0.188. The number of nitrogens with zero attached hydrogens (tertiary/aromatic N) is 2. The summed E-state index contributed by atoms with van der Waals surface area (Å²) in [6.07, 6.45) is 0. The Hall–Kier alpha value is 2.21. The Kier molecular flexibility index (Phi) is 20.6. The maximum atomic E-state index is 11.1. The molecule has 0 bridgehead atoms. The number of hydrogen-bond donors (Lipinski definition) is 0. The zero-order chi connectivity index (χ0) is 39.9. The fraction of sp³-hybridized carbons (Fsp3) is 1.00. The first-order valence-corrected chi connectivity index (χ1v) is 25.0. The van der Waals surface area contributed by atoms with E-state index in [0.29, 0.717) is 0 Å². The molecule has 0 aliphatic rings. The number of rotatable bonds is 1. The predicted molar refractivity (Wildman–Crippen MR) is 237 cm³/mol. The van der Waals surface area contributed by atoms with E-state index in [2.05, 4.69) is 208 Å². The summed E-state index contributed by atoms with van der Waals surface area (Å²) < 4.78 is 5.94. The Morgan fingerprint density at radius 2 is 0.562 bits per heavy atom. The molecule has 0 N–H and O–H groups in total. The molecular formula is C40H90ClLiN2P4. The van der Waals surface area contributed by atoms with Crippen LogP contribution >= 0.6 is 40.7 Å². The van der Waals surface area contributed by atoms with Crippen LogP contribution in [0.1, 0.15) is 208 Å². The third-order valence-electron chi connectivity index (χ3n) is 8.50. The smallest absolute Gasteiger partial charge is 0.807 e. The molecule has 0 amide bonds. The van der Waals surface area contributed by atoms with Crippen molar-refractivity contribution in [1.82, 2.24) is 0 Å². The van der Waals surface area contributed by atoms with Crippen LogP contribution in [0, 0.1) is 0 Å². The Morgan fingerprint density at radius 3 is 0.625 bits per heavy atom. The van der Waals surface area contributed by atoms with Crippen molar-refractivity contribution in [2.75, 3.05) is 0 Å². The minimum Gasteiger partial charge on any atom is -0.807 e. The predicted octanol–water partition coefficient (Wildman–Crippen LogP) is 15.0. The van der Waals surface area contributed by atoms with Gasteiger partial charge in [-0.25, -0.2) is 7.05 Å². The van der Waals surface area contributed by atoms with Crippen LogP contribution in [0.25, 0.3) is 5.16 Å². The summed E-state index contributed by atoms with van der Waals surface area (Å²) in [6.45, 7) is 68.9. The zero-order valence-electron chi connectivity index (χ0n) is 39.1. The summed E-state index contributed by atoms with van der Waals surface area (Å²) in [6, 6.07) is 0. The van der Waals surface area contributed by atoms with E-state index in [1.807, 2.05) is 0 Å². The van der Waals surface area contributed by atoms with Crippen molar-refractivity contribution in [3.05, 3.63) is 5.16 Å². The van der Waals surface area contributed by atoms with Crippen molar-refractivity contribution in [2.45, 2.75) is 259 Å². The van der Waals surface area contributed by atoms with Crippen LogP contribution in [0.2, 0.25) is 0 Å². The first kappa shape index (κ1) is 56.9. The second-order valence-electron chi connectivity index (χ2n) is 23.7. The van der Waals surface area contributed by atoms with Gasteiger partial charge in [0.1, 0.15) is 0 Å². The molecule has 0 atom stereocenters. The van der Waals surface area contributed by atoms with E-state index in [1.54, 1.807) is 0 Å². The molecule has 0 aromatic rings. The SMILES string of the molecule is CC(C)(C)P(=[N-])(C(C)(C)C)C(C)(C)C.CC(C)(C)P(Cl)C(C)(C)C.CC(C)(C)P(N=P(C(C)(C)C)(C(C)(C)C)C(C)(C)C)C(C)(C)C.[Li+]. The molecule has 288 valence electrons. The molecule has 0 aliphatic heterocycles. The number of halogens is 1. The zero-order valence-corrected chi connectivity index (χ0v) is 43.4. The van der Waals surface area contributed by atoms with Gasteiger partial charge in [0, 0.05) is 25.7 Å². The first-order valence-electron chi connectivity index (χ1n) is 18.0. The molecule has 0 spiro atoms. The summed E-state index contributed by atoms with van der Waals surface area (Å²) >= 11 is 6.30. The normalized spacial score (nSPS) is 15.3. The van der Waals surface area contributed by atoms with Crippen LogP contribution in [0.5, 0.6) is 0 Å². The van der Waals surface area contributed by atoms with E-state index in [1.165, 1.54) is 0 Å². The molecular weight excluding hydrogens is 675 g/mol. The second kappa shape index (κ2) is 17.3. The largest absolute Gasteiger partial charge is 1.00 e. The van der Waals surface area contributed by atoms with Gasteiger partial charge in [-0.05, 0) is 48.3 Å². The van der Waals surface area contributed by atoms with Gasteiger partial charge in [0.15, 0.2) is 0 Å². The van der Waals surface area contributed by atoms with Crippen molar-refractivity contribution >= 4 is 40.7 Å². The molecule has 0 rings (SSSR count). The third-order valence-corrected chi connectivity index (χ3v) is 29.9. The van der Waals surface area contributed by atoms with E-state index >= 15 is 0 Å². The Labute approximate surface area is 326 Å². The van der Waals surface area contributed by atoms with Gasteiger partial charge in [-0.2, -0.15) is 0 Å². The Balaban J connectivity index is -0.000000330. The molecule has 0 aliphatic carbocycles. The molecule has 0 fully saturated rings. The second-order valence-corrected chi connectivity index (χ2v) is 42.5. The van der Waals surface area contributed by atoms with Crippen molar-refractivity contribution in [3.63, 3.8) is 0 Å². The maximum absolute atomic E-state index is 11.1. The summed E-state index contributed by atoms with van der Waals surface area (Å²) in [4.78, 5) is 0. The Morgan fingerprint density at radius 1 is 0.375 bits per heavy atom. The van der Waals surface area contributed by atoms with Crippen LogP contribution in [-0.2, 0) is 0 Å². The van der Waals surface area contributed by atoms with Crippen LogP contribution in [0.3, 0.4) is 0 Å². The summed E-state index contributed by atoms with van der Waals surface area (Å²) in [5, 5.41) is 12.7. The topological polar surface area (TPSA) is 34.7 Å². The molecule has 0 aromatic heterocycles. The fourth-order valence-corrected chi connectivity index (χ4v) is 31.4. The van der Waals surface area contributed by atoms with Gasteiger partial charge < -0.3 is 5.16 Å². The molecule has 2 nitrogen and oxygen atoms in total. The average molecular weight is 765 g/mol. The van der Waals surface area contributed by atoms with Gasteiger partial charge in [0.25, 0.3) is 0 Å². The molecule has 48 heavy (non-hydrogen) atoms. The molecule has 0 saturated heterocycles. The minimum atomic E-state index is -2.02. The van der Waals surface area contributed by atoms with Crippen molar-refractivity contribution < 1.29 is 18.9 Å². The van der Waals surface area contributed by atoms with E-state index in [9.17, 15) is 5.16 Å². The average Bonchev–Trinajstić information content (AvgIpc) is 2.64. The summed E-state index contributed by atoms with van der Waals surface area (Å²) in [7, 11) is -4.50. The van der Waals surface area contributed by atoms with Gasteiger partial charge in [0.05, 0.1) is 0 Å². The molecule has 0 aromatic carbocycles.